The van der Waals surface area contributed by atoms with Crippen LogP contribution < -0.4 is 4.74 Å². The van der Waals surface area contributed by atoms with Crippen LogP contribution in [0.25, 0.3) is 0 Å². The first kappa shape index (κ1) is 18.6. The van der Waals surface area contributed by atoms with Gasteiger partial charge < -0.3 is 9.84 Å². The number of nitrogens with zero attached hydrogens (tertiary/aromatic N) is 3. The van der Waals surface area contributed by atoms with Crippen LogP contribution in [-0.4, -0.2) is 26.3 Å². The van der Waals surface area contributed by atoms with Crippen molar-refractivity contribution in [2.45, 2.75) is 39.3 Å². The van der Waals surface area contributed by atoms with E-state index in [9.17, 15) is 5.11 Å². The van der Waals surface area contributed by atoms with Crippen molar-refractivity contribution in [2.75, 3.05) is 6.54 Å². The molecule has 0 amide bonds. The Hall–Kier alpha value is -2.79. The molecular formula is C23H27N3O2. The first-order valence-electron chi connectivity index (χ1n) is 9.80. The van der Waals surface area contributed by atoms with Gasteiger partial charge in [-0.05, 0) is 62.6 Å². The minimum atomic E-state index is 0.250. The lowest BCUT2D eigenvalue weighted by atomic mass is 10.1. The molecule has 0 aliphatic carbocycles. The molecule has 1 aliphatic heterocycles. The zero-order chi connectivity index (χ0) is 19.7. The Labute approximate surface area is 166 Å². The second-order valence-electron chi connectivity index (χ2n) is 7.67. The fraction of sp³-hybridized carbons (Fsp3) is 0.348. The van der Waals surface area contributed by atoms with Crippen LogP contribution in [0.3, 0.4) is 0 Å². The Morgan fingerprint density at radius 1 is 1.11 bits per heavy atom. The molecule has 146 valence electrons. The number of aromatic hydroxyl groups is 1. The Bertz CT molecular complexity index is 962. The van der Waals surface area contributed by atoms with Gasteiger partial charge in [-0.2, -0.15) is 5.10 Å². The Morgan fingerprint density at radius 2 is 1.86 bits per heavy atom. The van der Waals surface area contributed by atoms with Gasteiger partial charge in [-0.3, -0.25) is 9.58 Å². The van der Waals surface area contributed by atoms with Crippen LogP contribution >= 0.6 is 0 Å². The zero-order valence-electron chi connectivity index (χ0n) is 16.7. The topological polar surface area (TPSA) is 50.5 Å². The summed E-state index contributed by atoms with van der Waals surface area (Å²) in [6, 6.07) is 14.0. The van der Waals surface area contributed by atoms with E-state index in [1.807, 2.05) is 42.9 Å². The minimum absolute atomic E-state index is 0.250. The van der Waals surface area contributed by atoms with Crippen LogP contribution in [0.15, 0.2) is 48.7 Å². The minimum Gasteiger partial charge on any atom is -0.508 e. The molecule has 1 N–H and O–H groups in total. The van der Waals surface area contributed by atoms with Crippen LogP contribution in [0, 0.1) is 13.8 Å². The number of hydrogen-bond donors (Lipinski definition) is 1. The van der Waals surface area contributed by atoms with Gasteiger partial charge in [0.05, 0.1) is 5.69 Å². The summed E-state index contributed by atoms with van der Waals surface area (Å²) >= 11 is 0. The summed E-state index contributed by atoms with van der Waals surface area (Å²) < 4.78 is 7.78. The molecule has 28 heavy (non-hydrogen) atoms. The first-order valence-corrected chi connectivity index (χ1v) is 9.80. The lowest BCUT2D eigenvalue weighted by Crippen LogP contribution is -2.23. The summed E-state index contributed by atoms with van der Waals surface area (Å²) in [6.45, 7) is 6.00. The number of rotatable bonds is 5. The molecule has 2 heterocycles. The number of hydrogen-bond acceptors (Lipinski definition) is 4. The summed E-state index contributed by atoms with van der Waals surface area (Å²) in [5.41, 5.74) is 4.59. The quantitative estimate of drug-likeness (QED) is 0.689. The Morgan fingerprint density at radius 3 is 2.54 bits per heavy atom. The molecule has 1 atom stereocenters. The van der Waals surface area contributed by atoms with Crippen LogP contribution in [-0.2, 0) is 13.6 Å². The third-order valence-corrected chi connectivity index (χ3v) is 5.50. The molecule has 0 spiro atoms. The fourth-order valence-corrected chi connectivity index (χ4v) is 4.00. The third-order valence-electron chi connectivity index (χ3n) is 5.50. The van der Waals surface area contributed by atoms with Gasteiger partial charge in [0.2, 0.25) is 0 Å². The normalized spacial score (nSPS) is 17.2. The van der Waals surface area contributed by atoms with E-state index in [2.05, 4.69) is 35.3 Å². The Balaban J connectivity index is 1.44. The van der Waals surface area contributed by atoms with Crippen molar-refractivity contribution >= 4 is 0 Å². The van der Waals surface area contributed by atoms with Gasteiger partial charge in [-0.1, -0.05) is 18.2 Å². The average molecular weight is 377 g/mol. The second kappa shape index (κ2) is 7.68. The van der Waals surface area contributed by atoms with E-state index in [0.717, 1.165) is 30.1 Å². The third kappa shape index (κ3) is 3.90. The highest BCUT2D eigenvalue weighted by molar-refractivity contribution is 5.41. The SMILES string of the molecule is Cc1ccc(Oc2ccc(CN3CCCC3c3cn(C)nc3C)cc2)cc1O. The van der Waals surface area contributed by atoms with E-state index in [-0.39, 0.29) is 5.75 Å². The predicted molar refractivity (Wildman–Crippen MR) is 110 cm³/mol. The molecule has 4 rings (SSSR count). The van der Waals surface area contributed by atoms with E-state index >= 15 is 0 Å². The molecule has 2 aromatic carbocycles. The highest BCUT2D eigenvalue weighted by atomic mass is 16.5. The van der Waals surface area contributed by atoms with E-state index < -0.39 is 0 Å². The number of benzene rings is 2. The average Bonchev–Trinajstić information content (AvgIpc) is 3.25. The van der Waals surface area contributed by atoms with Gasteiger partial charge in [-0.25, -0.2) is 0 Å². The van der Waals surface area contributed by atoms with E-state index in [0.29, 0.717) is 11.8 Å². The summed E-state index contributed by atoms with van der Waals surface area (Å²) in [5, 5.41) is 14.3. The van der Waals surface area contributed by atoms with Crippen molar-refractivity contribution in [1.82, 2.24) is 14.7 Å². The van der Waals surface area contributed by atoms with Gasteiger partial charge in [0, 0.05) is 37.5 Å². The molecule has 1 aliphatic rings. The Kier molecular flexibility index (Phi) is 5.09. The first-order chi connectivity index (χ1) is 13.5. The fourth-order valence-electron chi connectivity index (χ4n) is 4.00. The largest absolute Gasteiger partial charge is 0.508 e. The molecule has 1 saturated heterocycles. The molecule has 1 unspecified atom stereocenters. The smallest absolute Gasteiger partial charge is 0.131 e. The molecule has 0 saturated carbocycles. The number of ether oxygens (including phenoxy) is 1. The highest BCUT2D eigenvalue weighted by Crippen LogP contribution is 2.35. The van der Waals surface area contributed by atoms with Gasteiger partial charge in [0.25, 0.3) is 0 Å². The molecule has 3 aromatic rings. The number of aryl methyl sites for hydroxylation is 3. The lowest BCUT2D eigenvalue weighted by molar-refractivity contribution is 0.248. The maximum atomic E-state index is 9.83. The highest BCUT2D eigenvalue weighted by Gasteiger charge is 2.28. The summed E-state index contributed by atoms with van der Waals surface area (Å²) in [6.07, 6.45) is 4.56. The van der Waals surface area contributed by atoms with E-state index in [1.54, 1.807) is 6.07 Å². The number of phenolic OH excluding ortho intramolecular Hbond substituents is 1. The molecule has 0 bridgehead atoms. The monoisotopic (exact) mass is 377 g/mol. The summed E-state index contributed by atoms with van der Waals surface area (Å²) in [4.78, 5) is 2.54. The zero-order valence-corrected chi connectivity index (χ0v) is 16.7. The molecule has 1 fully saturated rings. The van der Waals surface area contributed by atoms with Crippen molar-refractivity contribution in [3.63, 3.8) is 0 Å². The van der Waals surface area contributed by atoms with Crippen LogP contribution in [0.1, 0.15) is 41.3 Å². The van der Waals surface area contributed by atoms with Crippen molar-refractivity contribution in [2.24, 2.45) is 7.05 Å². The number of likely N-dealkylation sites (tertiary alicyclic amines) is 1. The van der Waals surface area contributed by atoms with Crippen LogP contribution in [0.4, 0.5) is 0 Å². The molecule has 5 heteroatoms. The number of aromatic nitrogens is 2. The predicted octanol–water partition coefficient (Wildman–Crippen LogP) is 4.87. The molecule has 1 aromatic heterocycles. The second-order valence-corrected chi connectivity index (χ2v) is 7.67. The van der Waals surface area contributed by atoms with Crippen LogP contribution in [0.2, 0.25) is 0 Å². The molecule has 5 nitrogen and oxygen atoms in total. The van der Waals surface area contributed by atoms with Crippen LogP contribution in [0.5, 0.6) is 17.2 Å². The van der Waals surface area contributed by atoms with Crippen molar-refractivity contribution in [3.8, 4) is 17.2 Å². The molecular weight excluding hydrogens is 350 g/mol. The van der Waals surface area contributed by atoms with E-state index in [4.69, 9.17) is 4.74 Å². The van der Waals surface area contributed by atoms with E-state index in [1.165, 1.54) is 24.0 Å². The summed E-state index contributed by atoms with van der Waals surface area (Å²) in [5.74, 6) is 1.66. The van der Waals surface area contributed by atoms with Gasteiger partial charge in [-0.15, -0.1) is 0 Å². The van der Waals surface area contributed by atoms with Crippen molar-refractivity contribution < 1.29 is 9.84 Å². The lowest BCUT2D eigenvalue weighted by Gasteiger charge is -2.24. The standard InChI is InChI=1S/C23H27N3O2/c1-16-6-9-20(13-23(16)27)28-19-10-7-18(8-11-19)14-26-12-4-5-22(26)21-15-25(3)24-17(21)2/h6-11,13,15,22,27H,4-5,12,14H2,1-3H3. The van der Waals surface area contributed by atoms with Gasteiger partial charge in [0.15, 0.2) is 0 Å². The van der Waals surface area contributed by atoms with Crippen molar-refractivity contribution in [3.05, 3.63) is 71.0 Å². The van der Waals surface area contributed by atoms with Crippen molar-refractivity contribution in [1.29, 1.82) is 0 Å². The summed E-state index contributed by atoms with van der Waals surface area (Å²) in [7, 11) is 1.99. The van der Waals surface area contributed by atoms with Gasteiger partial charge >= 0.3 is 0 Å². The maximum absolute atomic E-state index is 9.83. The maximum Gasteiger partial charge on any atom is 0.131 e. The van der Waals surface area contributed by atoms with Gasteiger partial charge in [0.1, 0.15) is 17.2 Å². The number of phenols is 1. The molecule has 0 radical (unpaired) electrons.